The van der Waals surface area contributed by atoms with Crippen LogP contribution in [-0.2, 0) is 17.1 Å². The van der Waals surface area contributed by atoms with Crippen LogP contribution in [0.15, 0.2) is 9.63 Å². The van der Waals surface area contributed by atoms with E-state index in [1.807, 2.05) is 20.8 Å². The van der Waals surface area contributed by atoms with Gasteiger partial charge in [-0.2, -0.15) is 0 Å². The van der Waals surface area contributed by atoms with Crippen LogP contribution in [-0.4, -0.2) is 30.0 Å². The number of nitrogens with zero attached hydrogens (tertiary/aromatic N) is 3. The molecular weight excluding hydrogens is 296 g/mol. The molecule has 16 heavy (non-hydrogen) atoms. The molecule has 0 aliphatic rings. The van der Waals surface area contributed by atoms with Crippen molar-refractivity contribution in [3.8, 4) is 0 Å². The highest BCUT2D eigenvalue weighted by molar-refractivity contribution is 9.10. The lowest BCUT2D eigenvalue weighted by Crippen LogP contribution is -2.33. The van der Waals surface area contributed by atoms with Crippen molar-refractivity contribution in [2.24, 2.45) is 12.5 Å². The summed E-state index contributed by atoms with van der Waals surface area (Å²) in [6.07, 6.45) is 0. The van der Waals surface area contributed by atoms with Gasteiger partial charge in [-0.05, 0) is 21.3 Å². The van der Waals surface area contributed by atoms with Crippen molar-refractivity contribution in [2.45, 2.75) is 25.8 Å². The average molecular weight is 311 g/mol. The van der Waals surface area contributed by atoms with Crippen LogP contribution in [0.3, 0.4) is 0 Å². The first-order chi connectivity index (χ1) is 7.13. The number of sulfonamides is 1. The van der Waals surface area contributed by atoms with E-state index in [4.69, 9.17) is 0 Å². The van der Waals surface area contributed by atoms with E-state index in [0.29, 0.717) is 6.54 Å². The number of halogens is 1. The van der Waals surface area contributed by atoms with Gasteiger partial charge in [0.25, 0.3) is 10.0 Å². The third-order valence-corrected chi connectivity index (χ3v) is 4.07. The van der Waals surface area contributed by atoms with Crippen LogP contribution >= 0.6 is 15.9 Å². The topological polar surface area (TPSA) is 76.9 Å². The summed E-state index contributed by atoms with van der Waals surface area (Å²) in [4.78, 5) is 0. The Morgan fingerprint density at radius 2 is 2.00 bits per heavy atom. The van der Waals surface area contributed by atoms with Crippen molar-refractivity contribution in [3.63, 3.8) is 0 Å². The second-order valence-electron chi connectivity index (χ2n) is 4.69. The van der Waals surface area contributed by atoms with Crippen LogP contribution in [0.5, 0.6) is 0 Å². The summed E-state index contributed by atoms with van der Waals surface area (Å²) < 4.78 is 27.8. The summed E-state index contributed by atoms with van der Waals surface area (Å²) in [5.41, 5.74) is -0.119. The second kappa shape index (κ2) is 4.42. The van der Waals surface area contributed by atoms with Gasteiger partial charge in [-0.3, -0.25) is 0 Å². The average Bonchev–Trinajstić information content (AvgIpc) is 2.42. The Morgan fingerprint density at radius 1 is 1.44 bits per heavy atom. The fourth-order valence-corrected chi connectivity index (χ4v) is 3.36. The normalized spacial score (nSPS) is 13.1. The molecule has 0 bridgehead atoms. The molecule has 0 saturated heterocycles. The Labute approximate surface area is 104 Å². The highest BCUT2D eigenvalue weighted by Gasteiger charge is 2.25. The van der Waals surface area contributed by atoms with E-state index >= 15 is 0 Å². The summed E-state index contributed by atoms with van der Waals surface area (Å²) in [7, 11) is -2.04. The number of hydrogen-bond donors (Lipinski definition) is 1. The summed E-state index contributed by atoms with van der Waals surface area (Å²) in [5.74, 6) is 0. The van der Waals surface area contributed by atoms with Gasteiger partial charge in [0.05, 0.1) is 0 Å². The molecule has 0 radical (unpaired) electrons. The smallest absolute Gasteiger partial charge is 0.235 e. The second-order valence-corrected chi connectivity index (χ2v) is 7.13. The zero-order valence-corrected chi connectivity index (χ0v) is 12.1. The van der Waals surface area contributed by atoms with E-state index in [0.717, 1.165) is 0 Å². The van der Waals surface area contributed by atoms with Gasteiger partial charge in [-0.1, -0.05) is 26.0 Å². The van der Waals surface area contributed by atoms with Crippen molar-refractivity contribution in [3.05, 3.63) is 4.60 Å². The van der Waals surface area contributed by atoms with E-state index in [-0.39, 0.29) is 15.0 Å². The molecule has 0 saturated carbocycles. The predicted molar refractivity (Wildman–Crippen MR) is 63.3 cm³/mol. The molecule has 0 amide bonds. The summed E-state index contributed by atoms with van der Waals surface area (Å²) >= 11 is 3.06. The van der Waals surface area contributed by atoms with Gasteiger partial charge in [0.2, 0.25) is 5.03 Å². The van der Waals surface area contributed by atoms with E-state index in [2.05, 4.69) is 31.0 Å². The lowest BCUT2D eigenvalue weighted by Gasteiger charge is -2.18. The van der Waals surface area contributed by atoms with E-state index in [9.17, 15) is 8.42 Å². The number of aryl methyl sites for hydroxylation is 1. The highest BCUT2D eigenvalue weighted by atomic mass is 79.9. The Bertz CT molecular complexity index is 455. The third kappa shape index (κ3) is 3.26. The third-order valence-electron chi connectivity index (χ3n) is 1.78. The van der Waals surface area contributed by atoms with Gasteiger partial charge in [0.15, 0.2) is 4.60 Å². The molecule has 0 aliphatic carbocycles. The fourth-order valence-electron chi connectivity index (χ4n) is 0.988. The van der Waals surface area contributed by atoms with Gasteiger partial charge in [-0.15, -0.1) is 5.10 Å². The van der Waals surface area contributed by atoms with Crippen LogP contribution in [0.25, 0.3) is 0 Å². The molecule has 1 rings (SSSR count). The highest BCUT2D eigenvalue weighted by Crippen LogP contribution is 2.19. The molecular formula is C8H15BrN4O2S. The van der Waals surface area contributed by atoms with Crippen molar-refractivity contribution in [1.82, 2.24) is 19.7 Å². The molecule has 0 fully saturated rings. The Hall–Kier alpha value is -0.470. The molecule has 1 heterocycles. The molecule has 1 aromatic rings. The van der Waals surface area contributed by atoms with Gasteiger partial charge in [-0.25, -0.2) is 17.8 Å². The van der Waals surface area contributed by atoms with Crippen molar-refractivity contribution < 1.29 is 8.42 Å². The van der Waals surface area contributed by atoms with Crippen LogP contribution < -0.4 is 4.72 Å². The molecule has 0 aromatic carbocycles. The first-order valence-electron chi connectivity index (χ1n) is 4.68. The van der Waals surface area contributed by atoms with Crippen LogP contribution in [0.1, 0.15) is 20.8 Å². The first-order valence-corrected chi connectivity index (χ1v) is 6.96. The van der Waals surface area contributed by atoms with Crippen LogP contribution in [0.2, 0.25) is 0 Å². The van der Waals surface area contributed by atoms with E-state index < -0.39 is 10.0 Å². The molecule has 0 spiro atoms. The largest absolute Gasteiger partial charge is 0.260 e. The maximum atomic E-state index is 11.9. The Balaban J connectivity index is 2.96. The van der Waals surface area contributed by atoms with E-state index in [1.54, 1.807) is 0 Å². The molecule has 92 valence electrons. The van der Waals surface area contributed by atoms with Crippen LogP contribution in [0.4, 0.5) is 0 Å². The SMILES string of the molecule is Cn1nnc(Br)c1S(=O)(=O)NCC(C)(C)C. The van der Waals surface area contributed by atoms with Gasteiger partial charge >= 0.3 is 0 Å². The van der Waals surface area contributed by atoms with Gasteiger partial charge < -0.3 is 0 Å². The lowest BCUT2D eigenvalue weighted by molar-refractivity contribution is 0.406. The molecule has 0 unspecified atom stereocenters. The Kier molecular flexibility index (Phi) is 3.76. The minimum atomic E-state index is -3.57. The molecule has 1 N–H and O–H groups in total. The monoisotopic (exact) mass is 310 g/mol. The van der Waals surface area contributed by atoms with Gasteiger partial charge in [0.1, 0.15) is 0 Å². The van der Waals surface area contributed by atoms with E-state index in [1.165, 1.54) is 11.7 Å². The number of hydrogen-bond acceptors (Lipinski definition) is 4. The summed E-state index contributed by atoms with van der Waals surface area (Å²) in [6.45, 7) is 6.21. The molecule has 0 aliphatic heterocycles. The number of rotatable bonds is 3. The molecule has 6 nitrogen and oxygen atoms in total. The maximum absolute atomic E-state index is 11.9. The van der Waals surface area contributed by atoms with Crippen molar-refractivity contribution in [1.29, 1.82) is 0 Å². The fraction of sp³-hybridized carbons (Fsp3) is 0.750. The van der Waals surface area contributed by atoms with Crippen molar-refractivity contribution >= 4 is 26.0 Å². The quantitative estimate of drug-likeness (QED) is 0.900. The zero-order chi connectivity index (χ0) is 12.6. The predicted octanol–water partition coefficient (Wildman–Crippen LogP) is 0.902. The molecule has 0 atom stereocenters. The molecule has 8 heteroatoms. The Morgan fingerprint density at radius 3 is 2.38 bits per heavy atom. The first kappa shape index (κ1) is 13.6. The van der Waals surface area contributed by atoms with Crippen LogP contribution in [0, 0.1) is 5.41 Å². The summed E-state index contributed by atoms with van der Waals surface area (Å²) in [6, 6.07) is 0. The number of aromatic nitrogens is 3. The lowest BCUT2D eigenvalue weighted by atomic mass is 9.98. The maximum Gasteiger partial charge on any atom is 0.260 e. The summed E-state index contributed by atoms with van der Waals surface area (Å²) in [5, 5.41) is 7.30. The van der Waals surface area contributed by atoms with Gasteiger partial charge in [0, 0.05) is 13.6 Å². The minimum absolute atomic E-state index is 0.0387. The zero-order valence-electron chi connectivity index (χ0n) is 9.65. The molecule has 1 aromatic heterocycles. The van der Waals surface area contributed by atoms with Crippen molar-refractivity contribution in [2.75, 3.05) is 6.54 Å². The number of nitrogens with one attached hydrogen (secondary N) is 1. The standard InChI is InChI=1S/C8H15BrN4O2S/c1-8(2,3)5-10-16(14,15)7-6(9)11-12-13(7)4/h10H,5H2,1-4H3. The minimum Gasteiger partial charge on any atom is -0.235 e.